The van der Waals surface area contributed by atoms with Crippen LogP contribution in [0.2, 0.25) is 0 Å². The molecule has 110 valence electrons. The second-order valence-corrected chi connectivity index (χ2v) is 7.16. The lowest BCUT2D eigenvalue weighted by Crippen LogP contribution is -2.41. The van der Waals surface area contributed by atoms with Crippen molar-refractivity contribution in [3.63, 3.8) is 0 Å². The van der Waals surface area contributed by atoms with Gasteiger partial charge in [0.2, 0.25) is 0 Å². The monoisotopic (exact) mass is 411 g/mol. The van der Waals surface area contributed by atoms with E-state index in [1.54, 1.807) is 12.1 Å². The first-order valence-corrected chi connectivity index (χ1v) is 8.42. The molecule has 0 aliphatic heterocycles. The molecule has 5 heteroatoms. The Labute approximate surface area is 140 Å². The van der Waals surface area contributed by atoms with Gasteiger partial charge in [0.1, 0.15) is 0 Å². The fourth-order valence-electron chi connectivity index (χ4n) is 2.73. The van der Waals surface area contributed by atoms with Crippen LogP contribution in [0.5, 0.6) is 0 Å². The number of benzene rings is 1. The fraction of sp³-hybridized carbons (Fsp3) is 0.312. The van der Waals surface area contributed by atoms with Crippen LogP contribution in [-0.2, 0) is 5.41 Å². The molecule has 1 fully saturated rings. The quantitative estimate of drug-likeness (QED) is 0.793. The van der Waals surface area contributed by atoms with E-state index in [2.05, 4.69) is 56.2 Å². The minimum atomic E-state index is -0.170. The number of carbonyl (C=O) groups is 1. The number of hydrogen-bond donors (Lipinski definition) is 1. The predicted octanol–water partition coefficient (Wildman–Crippen LogP) is 4.65. The average molecular weight is 413 g/mol. The van der Waals surface area contributed by atoms with Crippen molar-refractivity contribution in [3.8, 4) is 0 Å². The molecular weight excluding hydrogens is 398 g/mol. The lowest BCUT2D eigenvalue weighted by Gasteiger charge is -2.24. The summed E-state index contributed by atoms with van der Waals surface area (Å²) in [7, 11) is 0. The van der Waals surface area contributed by atoms with E-state index in [1.807, 2.05) is 12.1 Å². The normalized spacial score (nSPS) is 17.3. The van der Waals surface area contributed by atoms with E-state index in [0.717, 1.165) is 17.3 Å². The van der Waals surface area contributed by atoms with Gasteiger partial charge in [-0.1, -0.05) is 28.1 Å². The van der Waals surface area contributed by atoms with Crippen molar-refractivity contribution >= 4 is 37.8 Å². The van der Waals surface area contributed by atoms with E-state index < -0.39 is 0 Å². The van der Waals surface area contributed by atoms with Gasteiger partial charge in [0, 0.05) is 15.9 Å². The van der Waals surface area contributed by atoms with Gasteiger partial charge in [-0.2, -0.15) is 0 Å². The Morgan fingerprint density at radius 2 is 1.86 bits per heavy atom. The number of halogens is 2. The molecule has 0 saturated heterocycles. The van der Waals surface area contributed by atoms with E-state index in [-0.39, 0.29) is 17.4 Å². The fourth-order valence-corrected chi connectivity index (χ4v) is 3.30. The van der Waals surface area contributed by atoms with Crippen molar-refractivity contribution in [1.82, 2.24) is 5.32 Å². The highest BCUT2D eigenvalue weighted by Gasteiger charge is 2.49. The summed E-state index contributed by atoms with van der Waals surface area (Å²) < 4.78 is 6.93. The Morgan fingerprint density at radius 3 is 2.38 bits per heavy atom. The average Bonchev–Trinajstić information content (AvgIpc) is 3.16. The summed E-state index contributed by atoms with van der Waals surface area (Å²) in [5.41, 5.74) is 1.33. The van der Waals surface area contributed by atoms with Crippen LogP contribution < -0.4 is 5.32 Å². The van der Waals surface area contributed by atoms with Crippen LogP contribution in [0.1, 0.15) is 35.9 Å². The molecule has 1 aromatic carbocycles. The summed E-state index contributed by atoms with van der Waals surface area (Å²) in [5.74, 6) is 0.164. The molecular formula is C16H15Br2NO2. The zero-order valence-corrected chi connectivity index (χ0v) is 14.7. The van der Waals surface area contributed by atoms with Crippen molar-refractivity contribution in [1.29, 1.82) is 0 Å². The highest BCUT2D eigenvalue weighted by Crippen LogP contribution is 2.51. The van der Waals surface area contributed by atoms with Gasteiger partial charge in [0.25, 0.3) is 5.91 Å². The van der Waals surface area contributed by atoms with Crippen LogP contribution in [0.3, 0.4) is 0 Å². The molecule has 3 rings (SSSR count). The second kappa shape index (κ2) is 5.61. The van der Waals surface area contributed by atoms with Crippen LogP contribution in [0.4, 0.5) is 0 Å². The smallest absolute Gasteiger partial charge is 0.287 e. The Bertz CT molecular complexity index is 659. The SMILES string of the molecule is CC(NC(=O)c1ccc(Br)o1)C1(c2ccc(Br)cc2)CC1. The number of hydrogen-bond acceptors (Lipinski definition) is 2. The van der Waals surface area contributed by atoms with Crippen molar-refractivity contribution in [3.05, 3.63) is 56.9 Å². The van der Waals surface area contributed by atoms with E-state index >= 15 is 0 Å². The van der Waals surface area contributed by atoms with Gasteiger partial charge < -0.3 is 9.73 Å². The van der Waals surface area contributed by atoms with Gasteiger partial charge in [-0.05, 0) is 65.5 Å². The van der Waals surface area contributed by atoms with Crippen LogP contribution in [0, 0.1) is 0 Å². The molecule has 2 aromatic rings. The van der Waals surface area contributed by atoms with Crippen LogP contribution in [0.25, 0.3) is 0 Å². The summed E-state index contributed by atoms with van der Waals surface area (Å²) >= 11 is 6.67. The highest BCUT2D eigenvalue weighted by molar-refractivity contribution is 9.10. The first kappa shape index (κ1) is 14.9. The lowest BCUT2D eigenvalue weighted by atomic mass is 9.89. The Morgan fingerprint density at radius 1 is 1.19 bits per heavy atom. The van der Waals surface area contributed by atoms with Crippen LogP contribution in [-0.4, -0.2) is 11.9 Å². The first-order valence-electron chi connectivity index (χ1n) is 6.83. The minimum Gasteiger partial charge on any atom is -0.444 e. The van der Waals surface area contributed by atoms with E-state index in [4.69, 9.17) is 4.42 Å². The molecule has 21 heavy (non-hydrogen) atoms. The lowest BCUT2D eigenvalue weighted by molar-refractivity contribution is 0.0902. The van der Waals surface area contributed by atoms with Crippen LogP contribution >= 0.6 is 31.9 Å². The largest absolute Gasteiger partial charge is 0.444 e. The third-order valence-corrected chi connectivity index (χ3v) is 5.14. The predicted molar refractivity (Wildman–Crippen MR) is 88.4 cm³/mol. The molecule has 1 atom stereocenters. The van der Waals surface area contributed by atoms with E-state index in [0.29, 0.717) is 10.4 Å². The summed E-state index contributed by atoms with van der Waals surface area (Å²) in [4.78, 5) is 12.2. The molecule has 0 spiro atoms. The van der Waals surface area contributed by atoms with Gasteiger partial charge in [0.05, 0.1) is 0 Å². The van der Waals surface area contributed by atoms with Gasteiger partial charge in [-0.25, -0.2) is 0 Å². The molecule has 0 radical (unpaired) electrons. The number of nitrogens with one attached hydrogen (secondary N) is 1. The van der Waals surface area contributed by atoms with E-state index in [1.165, 1.54) is 5.56 Å². The first-order chi connectivity index (χ1) is 10.0. The van der Waals surface area contributed by atoms with Crippen molar-refractivity contribution < 1.29 is 9.21 Å². The zero-order valence-electron chi connectivity index (χ0n) is 11.5. The number of furan rings is 1. The standard InChI is InChI=1S/C16H15Br2NO2/c1-10(19-15(20)13-6-7-14(18)21-13)16(8-9-16)11-2-4-12(17)5-3-11/h2-7,10H,8-9H2,1H3,(H,19,20). The Hall–Kier alpha value is -1.07. The highest BCUT2D eigenvalue weighted by atomic mass is 79.9. The third kappa shape index (κ3) is 2.94. The van der Waals surface area contributed by atoms with Crippen molar-refractivity contribution in [2.24, 2.45) is 0 Å². The molecule has 0 bridgehead atoms. The molecule has 3 nitrogen and oxygen atoms in total. The van der Waals surface area contributed by atoms with Gasteiger partial charge >= 0.3 is 0 Å². The topological polar surface area (TPSA) is 42.2 Å². The molecule has 1 N–H and O–H groups in total. The van der Waals surface area contributed by atoms with Crippen molar-refractivity contribution in [2.75, 3.05) is 0 Å². The molecule has 1 unspecified atom stereocenters. The molecule has 1 aliphatic rings. The molecule has 1 saturated carbocycles. The molecule has 1 heterocycles. The van der Waals surface area contributed by atoms with Crippen LogP contribution in [0.15, 0.2) is 50.0 Å². The maximum Gasteiger partial charge on any atom is 0.287 e. The Balaban J connectivity index is 1.74. The summed E-state index contributed by atoms with van der Waals surface area (Å²) in [6.07, 6.45) is 2.19. The van der Waals surface area contributed by atoms with Gasteiger partial charge in [-0.15, -0.1) is 0 Å². The van der Waals surface area contributed by atoms with Crippen molar-refractivity contribution in [2.45, 2.75) is 31.2 Å². The van der Waals surface area contributed by atoms with E-state index in [9.17, 15) is 4.79 Å². The maximum atomic E-state index is 12.2. The number of rotatable bonds is 4. The molecule has 1 aromatic heterocycles. The second-order valence-electron chi connectivity index (χ2n) is 5.46. The van der Waals surface area contributed by atoms with Gasteiger partial charge in [-0.3, -0.25) is 4.79 Å². The third-order valence-electron chi connectivity index (χ3n) is 4.18. The maximum absolute atomic E-state index is 12.2. The summed E-state index contributed by atoms with van der Waals surface area (Å²) in [5, 5.41) is 3.06. The zero-order chi connectivity index (χ0) is 15.0. The number of amides is 1. The summed E-state index contributed by atoms with van der Waals surface area (Å²) in [6.45, 7) is 2.06. The molecule has 1 amide bonds. The number of carbonyl (C=O) groups excluding carboxylic acids is 1. The van der Waals surface area contributed by atoms with Gasteiger partial charge in [0.15, 0.2) is 10.4 Å². The Kier molecular flexibility index (Phi) is 3.97. The summed E-state index contributed by atoms with van der Waals surface area (Å²) in [6, 6.07) is 11.8. The molecule has 1 aliphatic carbocycles. The minimum absolute atomic E-state index is 0.0557.